The predicted molar refractivity (Wildman–Crippen MR) is 61.1 cm³/mol. The van der Waals surface area contributed by atoms with Crippen LogP contribution in [0.3, 0.4) is 0 Å². The van der Waals surface area contributed by atoms with Crippen LogP contribution in [0, 0.1) is 0 Å². The van der Waals surface area contributed by atoms with Gasteiger partial charge in [-0.25, -0.2) is 9.59 Å². The number of benzene rings is 1. The molecule has 17 heavy (non-hydrogen) atoms. The molecular formula is C10H13N3O4. The molecule has 0 heterocycles. The first-order chi connectivity index (χ1) is 8.06. The number of nitrogens with two attached hydrogens (primary N) is 1. The van der Waals surface area contributed by atoms with E-state index in [9.17, 15) is 14.7 Å². The molecule has 1 aromatic rings. The number of hydrogen-bond donors (Lipinski definition) is 5. The van der Waals surface area contributed by atoms with E-state index in [4.69, 9.17) is 10.8 Å². The summed E-state index contributed by atoms with van der Waals surface area (Å²) in [5.41, 5.74) is 4.95. The minimum absolute atomic E-state index is 0.0272. The Morgan fingerprint density at radius 1 is 1.35 bits per heavy atom. The van der Waals surface area contributed by atoms with Crippen LogP contribution in [0.2, 0.25) is 0 Å². The Balaban J connectivity index is 2.81. The van der Waals surface area contributed by atoms with Gasteiger partial charge in [0.15, 0.2) is 5.75 Å². The largest absolute Gasteiger partial charge is 0.505 e. The first-order valence-electron chi connectivity index (χ1n) is 4.86. The number of phenols is 1. The minimum atomic E-state index is -1.27. The molecule has 0 radical (unpaired) electrons. The van der Waals surface area contributed by atoms with Gasteiger partial charge in [0, 0.05) is 13.1 Å². The Hall–Kier alpha value is -2.28. The Kier molecular flexibility index (Phi) is 4.29. The monoisotopic (exact) mass is 239 g/mol. The lowest BCUT2D eigenvalue weighted by molar-refractivity contribution is 0.0694. The zero-order valence-electron chi connectivity index (χ0n) is 8.93. The maximum absolute atomic E-state index is 11.3. The summed E-state index contributed by atoms with van der Waals surface area (Å²) in [5, 5.41) is 23.1. The van der Waals surface area contributed by atoms with Gasteiger partial charge in [-0.05, 0) is 12.1 Å². The van der Waals surface area contributed by atoms with Gasteiger partial charge in [-0.3, -0.25) is 0 Å². The summed E-state index contributed by atoms with van der Waals surface area (Å²) in [5.74, 6) is -1.75. The van der Waals surface area contributed by atoms with Gasteiger partial charge in [-0.1, -0.05) is 6.07 Å². The number of carbonyl (C=O) groups is 2. The SMILES string of the molecule is NCCNC(=O)Nc1cccc(C(=O)O)c1O. The average Bonchev–Trinajstić information content (AvgIpc) is 2.28. The van der Waals surface area contributed by atoms with E-state index in [1.165, 1.54) is 18.2 Å². The van der Waals surface area contributed by atoms with Crippen LogP contribution < -0.4 is 16.4 Å². The third kappa shape index (κ3) is 3.35. The molecule has 0 aliphatic carbocycles. The highest BCUT2D eigenvalue weighted by atomic mass is 16.4. The number of aromatic carboxylic acids is 1. The Morgan fingerprint density at radius 3 is 2.65 bits per heavy atom. The lowest BCUT2D eigenvalue weighted by Gasteiger charge is -2.09. The number of urea groups is 1. The first-order valence-corrected chi connectivity index (χ1v) is 4.86. The zero-order valence-corrected chi connectivity index (χ0v) is 8.93. The van der Waals surface area contributed by atoms with Gasteiger partial charge >= 0.3 is 12.0 Å². The highest BCUT2D eigenvalue weighted by Crippen LogP contribution is 2.27. The van der Waals surface area contributed by atoms with E-state index in [2.05, 4.69) is 10.6 Å². The van der Waals surface area contributed by atoms with E-state index in [-0.39, 0.29) is 24.3 Å². The van der Waals surface area contributed by atoms with Gasteiger partial charge < -0.3 is 26.6 Å². The lowest BCUT2D eigenvalue weighted by Crippen LogP contribution is -2.32. The van der Waals surface area contributed by atoms with Crippen molar-refractivity contribution in [1.29, 1.82) is 0 Å². The molecule has 92 valence electrons. The molecule has 7 nitrogen and oxygen atoms in total. The Morgan fingerprint density at radius 2 is 2.06 bits per heavy atom. The van der Waals surface area contributed by atoms with Crippen LogP contribution in [-0.2, 0) is 0 Å². The molecule has 0 atom stereocenters. The molecule has 2 amide bonds. The van der Waals surface area contributed by atoms with Gasteiger partial charge in [-0.15, -0.1) is 0 Å². The third-order valence-corrected chi connectivity index (χ3v) is 1.94. The summed E-state index contributed by atoms with van der Waals surface area (Å²) in [6, 6.07) is 3.49. The molecule has 0 unspecified atom stereocenters. The minimum Gasteiger partial charge on any atom is -0.505 e. The highest BCUT2D eigenvalue weighted by molar-refractivity contribution is 5.97. The van der Waals surface area contributed by atoms with Crippen molar-refractivity contribution in [2.75, 3.05) is 18.4 Å². The van der Waals surface area contributed by atoms with Crippen molar-refractivity contribution < 1.29 is 19.8 Å². The number of para-hydroxylation sites is 1. The van der Waals surface area contributed by atoms with E-state index in [0.717, 1.165) is 0 Å². The smallest absolute Gasteiger partial charge is 0.339 e. The maximum atomic E-state index is 11.3. The highest BCUT2D eigenvalue weighted by Gasteiger charge is 2.14. The molecule has 0 fully saturated rings. The van der Waals surface area contributed by atoms with Crippen molar-refractivity contribution in [2.45, 2.75) is 0 Å². The number of aromatic hydroxyl groups is 1. The molecule has 0 aliphatic heterocycles. The summed E-state index contributed by atoms with van der Waals surface area (Å²) in [7, 11) is 0. The third-order valence-electron chi connectivity index (χ3n) is 1.94. The van der Waals surface area contributed by atoms with Crippen LogP contribution in [-0.4, -0.2) is 35.3 Å². The lowest BCUT2D eigenvalue weighted by atomic mass is 10.2. The van der Waals surface area contributed by atoms with Crippen molar-refractivity contribution in [3.05, 3.63) is 23.8 Å². The molecule has 1 aromatic carbocycles. The van der Waals surface area contributed by atoms with Crippen molar-refractivity contribution in [2.24, 2.45) is 5.73 Å². The van der Waals surface area contributed by atoms with E-state index in [0.29, 0.717) is 0 Å². The fraction of sp³-hybridized carbons (Fsp3) is 0.200. The standard InChI is InChI=1S/C10H13N3O4/c11-4-5-12-10(17)13-7-3-1-2-6(8(7)14)9(15)16/h1-3,14H,4-5,11H2,(H,15,16)(H2,12,13,17). The fourth-order valence-electron chi connectivity index (χ4n) is 1.17. The van der Waals surface area contributed by atoms with Crippen molar-refractivity contribution in [3.63, 3.8) is 0 Å². The van der Waals surface area contributed by atoms with E-state index < -0.39 is 17.7 Å². The van der Waals surface area contributed by atoms with E-state index in [1.807, 2.05) is 0 Å². The van der Waals surface area contributed by atoms with Crippen molar-refractivity contribution in [3.8, 4) is 5.75 Å². The number of anilines is 1. The number of rotatable bonds is 4. The van der Waals surface area contributed by atoms with Crippen molar-refractivity contribution >= 4 is 17.7 Å². The molecule has 6 N–H and O–H groups in total. The normalized spacial score (nSPS) is 9.71. The molecule has 0 spiro atoms. The Labute approximate surface area is 97.2 Å². The topological polar surface area (TPSA) is 125 Å². The predicted octanol–water partition coefficient (Wildman–Crippen LogP) is 0.171. The van der Waals surface area contributed by atoms with Crippen LogP contribution in [0.1, 0.15) is 10.4 Å². The zero-order chi connectivity index (χ0) is 12.8. The molecule has 0 saturated carbocycles. The van der Waals surface area contributed by atoms with Gasteiger partial charge in [0.05, 0.1) is 5.69 Å². The quantitative estimate of drug-likeness (QED) is 0.479. The summed E-state index contributed by atoms with van der Waals surface area (Å²) in [4.78, 5) is 22.0. The van der Waals surface area contributed by atoms with Crippen LogP contribution >= 0.6 is 0 Å². The summed E-state index contributed by atoms with van der Waals surface area (Å²) in [6.07, 6.45) is 0. The van der Waals surface area contributed by atoms with Crippen LogP contribution in [0.15, 0.2) is 18.2 Å². The number of nitrogens with one attached hydrogen (secondary N) is 2. The van der Waals surface area contributed by atoms with Gasteiger partial charge in [-0.2, -0.15) is 0 Å². The van der Waals surface area contributed by atoms with Crippen LogP contribution in [0.25, 0.3) is 0 Å². The first kappa shape index (κ1) is 12.8. The molecule has 1 rings (SSSR count). The van der Waals surface area contributed by atoms with E-state index in [1.54, 1.807) is 0 Å². The second-order valence-corrected chi connectivity index (χ2v) is 3.18. The number of carboxylic acids is 1. The molecule has 0 aliphatic rings. The average molecular weight is 239 g/mol. The molecule has 7 heteroatoms. The van der Waals surface area contributed by atoms with E-state index >= 15 is 0 Å². The summed E-state index contributed by atoms with van der Waals surface area (Å²) < 4.78 is 0. The molecule has 0 saturated heterocycles. The molecule has 0 aromatic heterocycles. The van der Waals surface area contributed by atoms with Crippen molar-refractivity contribution in [1.82, 2.24) is 5.32 Å². The molecule has 0 bridgehead atoms. The van der Waals surface area contributed by atoms with Crippen LogP contribution in [0.5, 0.6) is 5.75 Å². The summed E-state index contributed by atoms with van der Waals surface area (Å²) in [6.45, 7) is 0.569. The summed E-state index contributed by atoms with van der Waals surface area (Å²) >= 11 is 0. The maximum Gasteiger partial charge on any atom is 0.339 e. The Bertz CT molecular complexity index is 434. The van der Waals surface area contributed by atoms with Gasteiger partial charge in [0.1, 0.15) is 5.56 Å². The number of carbonyl (C=O) groups excluding carboxylic acids is 1. The van der Waals surface area contributed by atoms with Gasteiger partial charge in [0.25, 0.3) is 0 Å². The number of amides is 2. The second-order valence-electron chi connectivity index (χ2n) is 3.18. The number of hydrogen-bond acceptors (Lipinski definition) is 4. The second kappa shape index (κ2) is 5.71. The van der Waals surface area contributed by atoms with Crippen LogP contribution in [0.4, 0.5) is 10.5 Å². The number of carboxylic acid groups (broad SMARTS) is 1. The van der Waals surface area contributed by atoms with Gasteiger partial charge in [0.2, 0.25) is 0 Å². The fourth-order valence-corrected chi connectivity index (χ4v) is 1.17. The molecular weight excluding hydrogens is 226 g/mol.